The molecule has 2 rings (SSSR count). The van der Waals surface area contributed by atoms with Crippen LogP contribution in [0, 0.1) is 0 Å². The molecular formula is C9H18N2O2. The van der Waals surface area contributed by atoms with Crippen molar-refractivity contribution in [3.05, 3.63) is 0 Å². The van der Waals surface area contributed by atoms with Crippen molar-refractivity contribution in [1.29, 1.82) is 0 Å². The Hall–Kier alpha value is -0.160. The fraction of sp³-hybridized carbons (Fsp3) is 1.00. The SMILES string of the molecule is COC1(OC)CN(C2CCNC2)C1. The van der Waals surface area contributed by atoms with Crippen molar-refractivity contribution in [1.82, 2.24) is 10.2 Å². The number of hydrogen-bond acceptors (Lipinski definition) is 4. The maximum atomic E-state index is 5.33. The summed E-state index contributed by atoms with van der Waals surface area (Å²) >= 11 is 0. The van der Waals surface area contributed by atoms with Crippen molar-refractivity contribution in [2.45, 2.75) is 18.2 Å². The van der Waals surface area contributed by atoms with Gasteiger partial charge in [-0.05, 0) is 13.0 Å². The zero-order valence-electron chi connectivity index (χ0n) is 8.38. The third kappa shape index (κ3) is 1.59. The van der Waals surface area contributed by atoms with Crippen LogP contribution < -0.4 is 5.32 Å². The van der Waals surface area contributed by atoms with Gasteiger partial charge in [0.15, 0.2) is 5.79 Å². The minimum atomic E-state index is -0.317. The summed E-state index contributed by atoms with van der Waals surface area (Å²) in [6.45, 7) is 4.08. The molecule has 0 radical (unpaired) electrons. The molecule has 0 aromatic heterocycles. The number of likely N-dealkylation sites (tertiary alicyclic amines) is 1. The molecule has 4 nitrogen and oxygen atoms in total. The van der Waals surface area contributed by atoms with Gasteiger partial charge in [-0.1, -0.05) is 0 Å². The van der Waals surface area contributed by atoms with Gasteiger partial charge >= 0.3 is 0 Å². The van der Waals surface area contributed by atoms with E-state index in [9.17, 15) is 0 Å². The summed E-state index contributed by atoms with van der Waals surface area (Å²) in [6.07, 6.45) is 1.25. The number of methoxy groups -OCH3 is 2. The van der Waals surface area contributed by atoms with Gasteiger partial charge in [0, 0.05) is 26.8 Å². The zero-order valence-corrected chi connectivity index (χ0v) is 8.38. The molecule has 0 aromatic carbocycles. The highest BCUT2D eigenvalue weighted by atomic mass is 16.7. The van der Waals surface area contributed by atoms with E-state index in [2.05, 4.69) is 10.2 Å². The van der Waals surface area contributed by atoms with Gasteiger partial charge in [-0.2, -0.15) is 0 Å². The Balaban J connectivity index is 1.82. The highest BCUT2D eigenvalue weighted by Gasteiger charge is 2.46. The molecule has 2 aliphatic rings. The zero-order chi connectivity index (χ0) is 9.31. The van der Waals surface area contributed by atoms with Crippen LogP contribution in [0.1, 0.15) is 6.42 Å². The Bertz CT molecular complexity index is 168. The lowest BCUT2D eigenvalue weighted by molar-refractivity contribution is -0.281. The fourth-order valence-electron chi connectivity index (χ4n) is 2.12. The van der Waals surface area contributed by atoms with E-state index in [-0.39, 0.29) is 5.79 Å². The van der Waals surface area contributed by atoms with Crippen LogP contribution in [-0.2, 0) is 9.47 Å². The molecule has 2 heterocycles. The normalized spacial score (nSPS) is 33.2. The van der Waals surface area contributed by atoms with Gasteiger partial charge in [0.2, 0.25) is 0 Å². The summed E-state index contributed by atoms with van der Waals surface area (Å²) in [7, 11) is 3.43. The van der Waals surface area contributed by atoms with E-state index in [4.69, 9.17) is 9.47 Å². The number of ether oxygens (including phenoxy) is 2. The summed E-state index contributed by atoms with van der Waals surface area (Å²) in [5, 5.41) is 3.36. The van der Waals surface area contributed by atoms with E-state index in [0.717, 1.165) is 26.2 Å². The van der Waals surface area contributed by atoms with E-state index in [0.29, 0.717) is 6.04 Å². The van der Waals surface area contributed by atoms with Crippen molar-refractivity contribution in [2.24, 2.45) is 0 Å². The Kier molecular flexibility index (Phi) is 2.55. The van der Waals surface area contributed by atoms with Gasteiger partial charge in [-0.3, -0.25) is 4.90 Å². The Morgan fingerprint density at radius 2 is 2.00 bits per heavy atom. The number of rotatable bonds is 3. The molecule has 0 spiro atoms. The molecule has 1 unspecified atom stereocenters. The summed E-state index contributed by atoms with van der Waals surface area (Å²) in [6, 6.07) is 0.693. The van der Waals surface area contributed by atoms with Gasteiger partial charge < -0.3 is 14.8 Å². The highest BCUT2D eigenvalue weighted by molar-refractivity contribution is 4.95. The quantitative estimate of drug-likeness (QED) is 0.611. The van der Waals surface area contributed by atoms with Crippen LogP contribution in [0.3, 0.4) is 0 Å². The largest absolute Gasteiger partial charge is 0.351 e. The predicted molar refractivity (Wildman–Crippen MR) is 49.6 cm³/mol. The molecule has 2 fully saturated rings. The van der Waals surface area contributed by atoms with E-state index < -0.39 is 0 Å². The molecule has 2 saturated heterocycles. The Morgan fingerprint density at radius 1 is 1.31 bits per heavy atom. The second kappa shape index (κ2) is 3.53. The van der Waals surface area contributed by atoms with Crippen molar-refractivity contribution in [3.63, 3.8) is 0 Å². The molecule has 76 valence electrons. The van der Waals surface area contributed by atoms with Crippen LogP contribution in [0.2, 0.25) is 0 Å². The molecular weight excluding hydrogens is 168 g/mol. The summed E-state index contributed by atoms with van der Waals surface area (Å²) in [4.78, 5) is 2.42. The van der Waals surface area contributed by atoms with Crippen LogP contribution in [0.5, 0.6) is 0 Å². The molecule has 4 heteroatoms. The first-order chi connectivity index (χ1) is 6.29. The molecule has 1 N–H and O–H groups in total. The third-order valence-electron chi connectivity index (χ3n) is 3.18. The van der Waals surface area contributed by atoms with Crippen molar-refractivity contribution < 1.29 is 9.47 Å². The molecule has 0 bridgehead atoms. The maximum absolute atomic E-state index is 5.33. The van der Waals surface area contributed by atoms with E-state index in [1.807, 2.05) is 0 Å². The molecule has 0 aliphatic carbocycles. The molecule has 13 heavy (non-hydrogen) atoms. The second-order valence-electron chi connectivity index (χ2n) is 3.87. The van der Waals surface area contributed by atoms with E-state index in [1.54, 1.807) is 14.2 Å². The Labute approximate surface area is 79.2 Å². The maximum Gasteiger partial charge on any atom is 0.193 e. The summed E-state index contributed by atoms with van der Waals surface area (Å²) in [5.41, 5.74) is 0. The topological polar surface area (TPSA) is 33.7 Å². The van der Waals surface area contributed by atoms with Gasteiger partial charge in [0.1, 0.15) is 0 Å². The average molecular weight is 186 g/mol. The van der Waals surface area contributed by atoms with Crippen LogP contribution in [0.25, 0.3) is 0 Å². The first-order valence-corrected chi connectivity index (χ1v) is 4.85. The molecule has 2 aliphatic heterocycles. The van der Waals surface area contributed by atoms with Crippen molar-refractivity contribution in [3.8, 4) is 0 Å². The lowest BCUT2D eigenvalue weighted by Crippen LogP contribution is -2.66. The lowest BCUT2D eigenvalue weighted by Gasteiger charge is -2.50. The minimum Gasteiger partial charge on any atom is -0.351 e. The fourth-order valence-corrected chi connectivity index (χ4v) is 2.12. The van der Waals surface area contributed by atoms with Crippen LogP contribution in [0.15, 0.2) is 0 Å². The second-order valence-corrected chi connectivity index (χ2v) is 3.87. The van der Waals surface area contributed by atoms with Crippen LogP contribution in [0.4, 0.5) is 0 Å². The monoisotopic (exact) mass is 186 g/mol. The van der Waals surface area contributed by atoms with Crippen LogP contribution in [-0.4, -0.2) is 57.1 Å². The predicted octanol–water partition coefficient (Wildman–Crippen LogP) is -0.347. The average Bonchev–Trinajstić information content (AvgIpc) is 2.57. The number of nitrogens with one attached hydrogen (secondary N) is 1. The number of hydrogen-bond donors (Lipinski definition) is 1. The van der Waals surface area contributed by atoms with E-state index >= 15 is 0 Å². The van der Waals surface area contributed by atoms with Gasteiger partial charge in [0.25, 0.3) is 0 Å². The van der Waals surface area contributed by atoms with Crippen molar-refractivity contribution >= 4 is 0 Å². The summed E-state index contributed by atoms with van der Waals surface area (Å²) < 4.78 is 10.7. The minimum absolute atomic E-state index is 0.317. The standard InChI is InChI=1S/C9H18N2O2/c1-12-9(13-2)6-11(7-9)8-3-4-10-5-8/h8,10H,3-7H2,1-2H3. The van der Waals surface area contributed by atoms with Gasteiger partial charge in [-0.15, -0.1) is 0 Å². The molecule has 0 amide bonds. The lowest BCUT2D eigenvalue weighted by atomic mass is 10.0. The highest BCUT2D eigenvalue weighted by Crippen LogP contribution is 2.28. The molecule has 0 aromatic rings. The van der Waals surface area contributed by atoms with Crippen molar-refractivity contribution in [2.75, 3.05) is 40.4 Å². The van der Waals surface area contributed by atoms with E-state index in [1.165, 1.54) is 6.42 Å². The van der Waals surface area contributed by atoms with Gasteiger partial charge in [0.05, 0.1) is 13.1 Å². The smallest absolute Gasteiger partial charge is 0.193 e. The first kappa shape index (κ1) is 9.40. The Morgan fingerprint density at radius 3 is 2.46 bits per heavy atom. The third-order valence-corrected chi connectivity index (χ3v) is 3.18. The van der Waals surface area contributed by atoms with Crippen LogP contribution >= 0.6 is 0 Å². The first-order valence-electron chi connectivity index (χ1n) is 4.85. The van der Waals surface area contributed by atoms with Gasteiger partial charge in [-0.25, -0.2) is 0 Å². The summed E-state index contributed by atoms with van der Waals surface area (Å²) in [5.74, 6) is -0.317. The number of nitrogens with zero attached hydrogens (tertiary/aromatic N) is 1. The molecule has 0 saturated carbocycles. The molecule has 1 atom stereocenters.